The van der Waals surface area contributed by atoms with E-state index < -0.39 is 29.7 Å². The minimum atomic E-state index is -0.951. The monoisotopic (exact) mass is 444 g/mol. The number of aryl methyl sites for hydroxylation is 1. The number of primary amides is 1. The average molecular weight is 444 g/mol. The van der Waals surface area contributed by atoms with Crippen molar-refractivity contribution in [1.82, 2.24) is 14.5 Å². The molecule has 0 radical (unpaired) electrons. The van der Waals surface area contributed by atoms with Gasteiger partial charge in [-0.15, -0.1) is 0 Å². The molecule has 0 aliphatic carbocycles. The van der Waals surface area contributed by atoms with Crippen molar-refractivity contribution in [2.75, 3.05) is 26.8 Å². The number of nitrogens with zero attached hydrogens (tertiary/aromatic N) is 3. The number of halogens is 2. The van der Waals surface area contributed by atoms with Crippen LogP contribution in [0.1, 0.15) is 15.9 Å². The number of morpholine rings is 1. The first-order valence-corrected chi connectivity index (χ1v) is 9.99. The first-order valence-electron chi connectivity index (χ1n) is 9.99. The molecular weight excluding hydrogens is 422 g/mol. The Bertz CT molecular complexity index is 1190. The smallest absolute Gasteiger partial charge is 0.409 e. The second kappa shape index (κ2) is 8.54. The zero-order valence-corrected chi connectivity index (χ0v) is 17.6. The fourth-order valence-corrected chi connectivity index (χ4v) is 3.87. The van der Waals surface area contributed by atoms with E-state index in [0.29, 0.717) is 24.2 Å². The fraction of sp³-hybridized carbons (Fsp3) is 0.318. The number of carbonyl (C=O) groups is 2. The van der Waals surface area contributed by atoms with Gasteiger partial charge in [0, 0.05) is 12.1 Å². The van der Waals surface area contributed by atoms with Crippen molar-refractivity contribution in [1.29, 1.82) is 0 Å². The van der Waals surface area contributed by atoms with Crippen LogP contribution in [0.5, 0.6) is 0 Å². The van der Waals surface area contributed by atoms with Gasteiger partial charge in [0.2, 0.25) is 5.91 Å². The summed E-state index contributed by atoms with van der Waals surface area (Å²) in [5.74, 6) is -2.78. The molecular formula is C22H22F2N4O4. The van der Waals surface area contributed by atoms with Crippen LogP contribution in [-0.4, -0.2) is 59.4 Å². The quantitative estimate of drug-likeness (QED) is 0.667. The third-order valence-corrected chi connectivity index (χ3v) is 5.41. The van der Waals surface area contributed by atoms with Crippen LogP contribution in [0.15, 0.2) is 30.3 Å². The van der Waals surface area contributed by atoms with Gasteiger partial charge in [-0.05, 0) is 36.8 Å². The van der Waals surface area contributed by atoms with Gasteiger partial charge in [0.15, 0.2) is 0 Å². The predicted molar refractivity (Wildman–Crippen MR) is 112 cm³/mol. The van der Waals surface area contributed by atoms with Crippen molar-refractivity contribution >= 4 is 23.0 Å². The maximum Gasteiger partial charge on any atom is 0.409 e. The number of carbonyl (C=O) groups excluding carboxylic acids is 2. The van der Waals surface area contributed by atoms with E-state index in [1.54, 1.807) is 4.57 Å². The second-order valence-electron chi connectivity index (χ2n) is 7.63. The fourth-order valence-electron chi connectivity index (χ4n) is 3.87. The van der Waals surface area contributed by atoms with E-state index in [4.69, 9.17) is 15.2 Å². The van der Waals surface area contributed by atoms with Crippen molar-refractivity contribution in [3.63, 3.8) is 0 Å². The molecule has 1 saturated heterocycles. The highest BCUT2D eigenvalue weighted by Crippen LogP contribution is 2.31. The molecule has 1 aromatic heterocycles. The number of rotatable bonds is 4. The Morgan fingerprint density at radius 1 is 1.25 bits per heavy atom. The largest absolute Gasteiger partial charge is 0.453 e. The Balaban J connectivity index is 1.80. The summed E-state index contributed by atoms with van der Waals surface area (Å²) in [6.45, 7) is 3.02. The van der Waals surface area contributed by atoms with Gasteiger partial charge in [0.25, 0.3) is 0 Å². The summed E-state index contributed by atoms with van der Waals surface area (Å²) in [6.07, 6.45) is -0.917. The number of aromatic nitrogens is 2. The number of hydrogen-bond donors (Lipinski definition) is 1. The number of amides is 2. The summed E-state index contributed by atoms with van der Waals surface area (Å²) < 4.78 is 42.1. The lowest BCUT2D eigenvalue weighted by molar-refractivity contribution is -0.0310. The molecule has 1 fully saturated rings. The highest BCUT2D eigenvalue weighted by atomic mass is 19.1. The number of benzene rings is 2. The van der Waals surface area contributed by atoms with Crippen LogP contribution in [0.25, 0.3) is 22.4 Å². The molecule has 8 nitrogen and oxygen atoms in total. The molecule has 0 saturated carbocycles. The molecule has 1 aliphatic heterocycles. The van der Waals surface area contributed by atoms with Crippen LogP contribution in [0, 0.1) is 18.6 Å². The summed E-state index contributed by atoms with van der Waals surface area (Å²) in [7, 11) is 1.30. The number of nitrogens with two attached hydrogens (primary N) is 1. The number of imidazole rings is 1. The molecule has 2 heterocycles. The van der Waals surface area contributed by atoms with Crippen molar-refractivity contribution < 1.29 is 27.8 Å². The van der Waals surface area contributed by atoms with E-state index in [0.717, 1.165) is 17.7 Å². The first-order chi connectivity index (χ1) is 15.3. The van der Waals surface area contributed by atoms with E-state index in [1.807, 2.05) is 25.1 Å². The average Bonchev–Trinajstić information content (AvgIpc) is 3.09. The van der Waals surface area contributed by atoms with E-state index in [1.165, 1.54) is 12.0 Å². The summed E-state index contributed by atoms with van der Waals surface area (Å²) >= 11 is 0. The molecule has 0 spiro atoms. The van der Waals surface area contributed by atoms with Gasteiger partial charge in [-0.25, -0.2) is 18.6 Å². The van der Waals surface area contributed by atoms with Gasteiger partial charge in [0.05, 0.1) is 49.5 Å². The molecule has 168 valence electrons. The van der Waals surface area contributed by atoms with Crippen LogP contribution in [0.4, 0.5) is 13.6 Å². The zero-order chi connectivity index (χ0) is 23.0. The second-order valence-corrected chi connectivity index (χ2v) is 7.63. The molecule has 3 aromatic rings. The Kier molecular flexibility index (Phi) is 5.79. The zero-order valence-electron chi connectivity index (χ0n) is 17.6. The maximum atomic E-state index is 14.9. The summed E-state index contributed by atoms with van der Waals surface area (Å²) in [5.41, 5.74) is 6.67. The van der Waals surface area contributed by atoms with Gasteiger partial charge in [-0.3, -0.25) is 4.79 Å². The van der Waals surface area contributed by atoms with Gasteiger partial charge in [-0.1, -0.05) is 6.07 Å². The minimum absolute atomic E-state index is 0.0513. The third-order valence-electron chi connectivity index (χ3n) is 5.41. The van der Waals surface area contributed by atoms with E-state index >= 15 is 0 Å². The Morgan fingerprint density at radius 3 is 2.62 bits per heavy atom. The van der Waals surface area contributed by atoms with Gasteiger partial charge < -0.3 is 24.7 Å². The Labute approximate surface area is 182 Å². The highest BCUT2D eigenvalue weighted by Gasteiger charge is 2.28. The van der Waals surface area contributed by atoms with Crippen molar-refractivity contribution in [2.24, 2.45) is 5.73 Å². The SMILES string of the molecule is COC(=O)N1CCO[C@H](Cn2c(-c3c(F)cc(C(N)=O)cc3F)nc3cc(C)ccc32)C1. The van der Waals surface area contributed by atoms with Crippen molar-refractivity contribution in [2.45, 2.75) is 19.6 Å². The van der Waals surface area contributed by atoms with Gasteiger partial charge >= 0.3 is 6.09 Å². The molecule has 2 amide bonds. The van der Waals surface area contributed by atoms with Gasteiger partial charge in [0.1, 0.15) is 17.5 Å². The van der Waals surface area contributed by atoms with Crippen LogP contribution in [-0.2, 0) is 16.0 Å². The lowest BCUT2D eigenvalue weighted by Crippen LogP contribution is -2.47. The summed E-state index contributed by atoms with van der Waals surface area (Å²) in [5, 5.41) is 0. The molecule has 10 heteroatoms. The molecule has 0 unspecified atom stereocenters. The summed E-state index contributed by atoms with van der Waals surface area (Å²) in [4.78, 5) is 29.3. The molecule has 32 heavy (non-hydrogen) atoms. The van der Waals surface area contributed by atoms with Crippen molar-refractivity contribution in [3.05, 3.63) is 53.1 Å². The van der Waals surface area contributed by atoms with Crippen LogP contribution < -0.4 is 5.73 Å². The summed E-state index contributed by atoms with van der Waals surface area (Å²) in [6, 6.07) is 7.29. The number of methoxy groups -OCH3 is 1. The van der Waals surface area contributed by atoms with Gasteiger partial charge in [-0.2, -0.15) is 0 Å². The van der Waals surface area contributed by atoms with E-state index in [-0.39, 0.29) is 30.0 Å². The molecule has 1 aliphatic rings. The van der Waals surface area contributed by atoms with Crippen LogP contribution >= 0.6 is 0 Å². The topological polar surface area (TPSA) is 99.7 Å². The van der Waals surface area contributed by atoms with Crippen LogP contribution in [0.2, 0.25) is 0 Å². The number of hydrogen-bond acceptors (Lipinski definition) is 5. The first kappa shape index (κ1) is 21.7. The molecule has 4 rings (SSSR count). The lowest BCUT2D eigenvalue weighted by atomic mass is 10.1. The van der Waals surface area contributed by atoms with E-state index in [9.17, 15) is 18.4 Å². The molecule has 2 N–H and O–H groups in total. The number of fused-ring (bicyclic) bond motifs is 1. The van der Waals surface area contributed by atoms with Crippen LogP contribution in [0.3, 0.4) is 0 Å². The minimum Gasteiger partial charge on any atom is -0.453 e. The highest BCUT2D eigenvalue weighted by molar-refractivity contribution is 5.93. The normalized spacial score (nSPS) is 16.4. The van der Waals surface area contributed by atoms with E-state index in [2.05, 4.69) is 4.98 Å². The molecule has 1 atom stereocenters. The Morgan fingerprint density at radius 2 is 1.97 bits per heavy atom. The molecule has 2 aromatic carbocycles. The molecule has 0 bridgehead atoms. The van der Waals surface area contributed by atoms with Crippen molar-refractivity contribution in [3.8, 4) is 11.4 Å². The predicted octanol–water partition coefficient (Wildman–Crippen LogP) is 2.86. The maximum absolute atomic E-state index is 14.9. The number of ether oxygens (including phenoxy) is 2. The third kappa shape index (κ3) is 4.01. The standard InChI is InChI=1S/C22H22F2N4O4/c1-12-3-4-18-17(7-12)26-21(19-15(23)8-13(20(25)29)9-16(19)24)28(18)11-14-10-27(5-6-32-14)22(30)31-2/h3-4,7-9,14H,5-6,10-11H2,1-2H3,(H2,25,29)/t14-/m0/s1. The Hall–Kier alpha value is -3.53. The lowest BCUT2D eigenvalue weighted by Gasteiger charge is -2.32.